The zero-order valence-corrected chi connectivity index (χ0v) is 15.9. The maximum absolute atomic E-state index is 6.05. The molecule has 0 spiro atoms. The van der Waals surface area contributed by atoms with Gasteiger partial charge in [-0.25, -0.2) is 0 Å². The van der Waals surface area contributed by atoms with Gasteiger partial charge in [-0.15, -0.1) is 0 Å². The minimum absolute atomic E-state index is 0.450. The van der Waals surface area contributed by atoms with Crippen LogP contribution in [-0.4, -0.2) is 23.5 Å². The van der Waals surface area contributed by atoms with Gasteiger partial charge in [-0.3, -0.25) is 0 Å². The highest BCUT2D eigenvalue weighted by Gasteiger charge is 2.71. The van der Waals surface area contributed by atoms with Crippen LogP contribution in [0.4, 0.5) is 0 Å². The third-order valence-corrected chi connectivity index (χ3v) is 11.3. The van der Waals surface area contributed by atoms with Gasteiger partial charge < -0.3 is 8.85 Å². The van der Waals surface area contributed by atoms with Crippen LogP contribution in [0.3, 0.4) is 0 Å². The van der Waals surface area contributed by atoms with E-state index < -0.39 is 9.28 Å². The lowest BCUT2D eigenvalue weighted by Crippen LogP contribution is -2.45. The Balaban J connectivity index is 1.50. The molecule has 0 amide bonds. The predicted octanol–water partition coefficient (Wildman–Crippen LogP) is 4.30. The third kappa shape index (κ3) is 1.93. The monoisotopic (exact) mass is 332 g/mol. The quantitative estimate of drug-likeness (QED) is 0.434. The fourth-order valence-electron chi connectivity index (χ4n) is 8.21. The molecule has 128 valence electrons. The molecule has 5 aliphatic carbocycles. The molecule has 5 rings (SSSR count). The molecule has 0 N–H and O–H groups in total. The SMILES string of the molecule is CO[SiH](OC)C12CC(C3CCCCC3)C(C1)C1C3C=CC(C3)C12. The van der Waals surface area contributed by atoms with Crippen LogP contribution < -0.4 is 0 Å². The Morgan fingerprint density at radius 2 is 1.61 bits per heavy atom. The van der Waals surface area contributed by atoms with Crippen LogP contribution in [0.1, 0.15) is 51.4 Å². The highest BCUT2D eigenvalue weighted by atomic mass is 28.3. The van der Waals surface area contributed by atoms with E-state index in [0.29, 0.717) is 5.04 Å². The Bertz CT molecular complexity index is 496. The van der Waals surface area contributed by atoms with Crippen molar-refractivity contribution in [2.45, 2.75) is 56.4 Å². The molecule has 0 heterocycles. The van der Waals surface area contributed by atoms with E-state index in [2.05, 4.69) is 12.2 Å². The van der Waals surface area contributed by atoms with E-state index in [9.17, 15) is 0 Å². The molecule has 2 nitrogen and oxygen atoms in total. The van der Waals surface area contributed by atoms with E-state index >= 15 is 0 Å². The van der Waals surface area contributed by atoms with E-state index in [1.807, 2.05) is 14.2 Å². The van der Waals surface area contributed by atoms with Crippen molar-refractivity contribution in [1.29, 1.82) is 0 Å². The molecule has 0 aromatic rings. The zero-order chi connectivity index (χ0) is 15.6. The zero-order valence-electron chi connectivity index (χ0n) is 14.7. The second-order valence-electron chi connectivity index (χ2n) is 9.22. The van der Waals surface area contributed by atoms with Gasteiger partial charge in [0, 0.05) is 19.3 Å². The Morgan fingerprint density at radius 3 is 2.35 bits per heavy atom. The van der Waals surface area contributed by atoms with Crippen molar-refractivity contribution in [2.24, 2.45) is 41.4 Å². The summed E-state index contributed by atoms with van der Waals surface area (Å²) in [6.07, 6.45) is 16.9. The van der Waals surface area contributed by atoms with Gasteiger partial charge in [-0.05, 0) is 60.7 Å². The van der Waals surface area contributed by atoms with Crippen LogP contribution in [0.25, 0.3) is 0 Å². The van der Waals surface area contributed by atoms with Crippen molar-refractivity contribution in [1.82, 2.24) is 0 Å². The van der Waals surface area contributed by atoms with Crippen LogP contribution in [0, 0.1) is 41.4 Å². The summed E-state index contributed by atoms with van der Waals surface area (Å²) in [5.74, 6) is 6.62. The lowest BCUT2D eigenvalue weighted by Gasteiger charge is -2.47. The van der Waals surface area contributed by atoms with Crippen LogP contribution in [-0.2, 0) is 8.85 Å². The van der Waals surface area contributed by atoms with Gasteiger partial charge in [0.05, 0.1) is 0 Å². The number of rotatable bonds is 4. The first-order valence-corrected chi connectivity index (χ1v) is 11.5. The first kappa shape index (κ1) is 15.2. The summed E-state index contributed by atoms with van der Waals surface area (Å²) in [4.78, 5) is 0. The minimum Gasteiger partial charge on any atom is -0.400 e. The summed E-state index contributed by atoms with van der Waals surface area (Å²) in [6.45, 7) is 0. The standard InChI is InChI=1S/C20H32O2Si/c1-21-23(22-2)20-11-16(13-6-4-3-5-7-13)17(12-20)18-14-8-9-15(10-14)19(18)20/h8-9,13-19,23H,3-7,10-12H2,1-2H3. The Hall–Kier alpha value is -0.123. The lowest BCUT2D eigenvalue weighted by atomic mass is 9.64. The molecule has 0 saturated heterocycles. The summed E-state index contributed by atoms with van der Waals surface area (Å²) < 4.78 is 12.1. The Morgan fingerprint density at radius 1 is 0.913 bits per heavy atom. The predicted molar refractivity (Wildman–Crippen MR) is 94.4 cm³/mol. The van der Waals surface area contributed by atoms with Gasteiger partial charge in [0.2, 0.25) is 0 Å². The molecule has 23 heavy (non-hydrogen) atoms. The number of hydrogen-bond acceptors (Lipinski definition) is 2. The summed E-state index contributed by atoms with van der Waals surface area (Å²) >= 11 is 0. The second kappa shape index (κ2) is 5.44. The number of allylic oxidation sites excluding steroid dienone is 2. The van der Waals surface area contributed by atoms with Crippen molar-refractivity contribution in [3.63, 3.8) is 0 Å². The first-order chi connectivity index (χ1) is 11.3. The average Bonchev–Trinajstić information content (AvgIpc) is 3.34. The molecule has 4 saturated carbocycles. The summed E-state index contributed by atoms with van der Waals surface area (Å²) in [5, 5.41) is 0.450. The summed E-state index contributed by atoms with van der Waals surface area (Å²) in [5.41, 5.74) is 0. The van der Waals surface area contributed by atoms with Crippen molar-refractivity contribution >= 4 is 9.28 Å². The minimum atomic E-state index is -1.57. The van der Waals surface area contributed by atoms with Crippen LogP contribution in [0.15, 0.2) is 12.2 Å². The topological polar surface area (TPSA) is 18.5 Å². The lowest BCUT2D eigenvalue weighted by molar-refractivity contribution is 0.0829. The van der Waals surface area contributed by atoms with Crippen LogP contribution in [0.2, 0.25) is 5.04 Å². The first-order valence-electron chi connectivity index (χ1n) is 10.0. The maximum atomic E-state index is 6.05. The number of hydrogen-bond donors (Lipinski definition) is 0. The smallest absolute Gasteiger partial charge is 0.327 e. The highest BCUT2D eigenvalue weighted by Crippen LogP contribution is 2.77. The van der Waals surface area contributed by atoms with E-state index in [-0.39, 0.29) is 0 Å². The number of fused-ring (bicyclic) bond motifs is 9. The molecular formula is C20H32O2Si. The average molecular weight is 333 g/mol. The molecule has 7 atom stereocenters. The van der Waals surface area contributed by atoms with Gasteiger partial charge >= 0.3 is 9.28 Å². The fraction of sp³-hybridized carbons (Fsp3) is 0.900. The molecule has 0 radical (unpaired) electrons. The van der Waals surface area contributed by atoms with E-state index in [4.69, 9.17) is 8.85 Å². The molecule has 7 unspecified atom stereocenters. The van der Waals surface area contributed by atoms with Gasteiger partial charge in [-0.2, -0.15) is 0 Å². The van der Waals surface area contributed by atoms with Gasteiger partial charge in [0.1, 0.15) is 0 Å². The van der Waals surface area contributed by atoms with Crippen LogP contribution >= 0.6 is 0 Å². The second-order valence-corrected chi connectivity index (χ2v) is 12.0. The molecular weight excluding hydrogens is 300 g/mol. The molecule has 3 heteroatoms. The molecule has 5 aliphatic rings. The maximum Gasteiger partial charge on any atom is 0.327 e. The Kier molecular flexibility index (Phi) is 3.58. The normalized spacial score (nSPS) is 51.1. The third-order valence-electron chi connectivity index (χ3n) is 8.61. The summed E-state index contributed by atoms with van der Waals surface area (Å²) in [7, 11) is 2.28. The Labute approximate surface area is 142 Å². The van der Waals surface area contributed by atoms with Crippen molar-refractivity contribution in [3.8, 4) is 0 Å². The van der Waals surface area contributed by atoms with Crippen molar-refractivity contribution in [3.05, 3.63) is 12.2 Å². The molecule has 4 fully saturated rings. The highest BCUT2D eigenvalue weighted by molar-refractivity contribution is 6.49. The fourth-order valence-corrected chi connectivity index (χ4v) is 11.0. The molecule has 0 aliphatic heterocycles. The van der Waals surface area contributed by atoms with E-state index in [0.717, 1.165) is 41.4 Å². The van der Waals surface area contributed by atoms with Gasteiger partial charge in [-0.1, -0.05) is 44.3 Å². The molecule has 4 bridgehead atoms. The van der Waals surface area contributed by atoms with E-state index in [1.165, 1.54) is 51.4 Å². The van der Waals surface area contributed by atoms with Gasteiger partial charge in [0.25, 0.3) is 0 Å². The molecule has 0 aromatic carbocycles. The van der Waals surface area contributed by atoms with E-state index in [1.54, 1.807) is 0 Å². The van der Waals surface area contributed by atoms with Gasteiger partial charge in [0.15, 0.2) is 0 Å². The van der Waals surface area contributed by atoms with Crippen molar-refractivity contribution in [2.75, 3.05) is 14.2 Å². The summed E-state index contributed by atoms with van der Waals surface area (Å²) in [6, 6.07) is 0. The van der Waals surface area contributed by atoms with Crippen LogP contribution in [0.5, 0.6) is 0 Å². The molecule has 0 aromatic heterocycles. The van der Waals surface area contributed by atoms with Crippen molar-refractivity contribution < 1.29 is 8.85 Å². The largest absolute Gasteiger partial charge is 0.400 e.